The molecule has 0 bridgehead atoms. The number of nitrogens with two attached hydrogens (primary N) is 1. The fourth-order valence-electron chi connectivity index (χ4n) is 1.53. The van der Waals surface area contributed by atoms with Gasteiger partial charge in [0.25, 0.3) is 0 Å². The highest BCUT2D eigenvalue weighted by Crippen LogP contribution is 2.29. The number of aromatic nitrogens is 1. The molecule has 3 N–H and O–H groups in total. The minimum atomic E-state index is -1.17. The van der Waals surface area contributed by atoms with Crippen LogP contribution in [-0.2, 0) is 4.79 Å². The van der Waals surface area contributed by atoms with Gasteiger partial charge >= 0.3 is 5.97 Å². The van der Waals surface area contributed by atoms with Gasteiger partial charge in [-0.15, -0.1) is 11.3 Å². The van der Waals surface area contributed by atoms with E-state index in [0.29, 0.717) is 10.8 Å². The number of nitrogens with zero attached hydrogens (tertiary/aromatic N) is 2. The maximum absolute atomic E-state index is 13.6. The fraction of sp³-hybridized carbons (Fsp3) is 0.167. The Kier molecular flexibility index (Phi) is 3.77. The second-order valence-corrected chi connectivity index (χ2v) is 4.72. The van der Waals surface area contributed by atoms with Gasteiger partial charge in [0.1, 0.15) is 11.9 Å². The first kappa shape index (κ1) is 13.4. The van der Waals surface area contributed by atoms with E-state index in [-0.39, 0.29) is 11.5 Å². The van der Waals surface area contributed by atoms with Crippen LogP contribution in [0.5, 0.6) is 0 Å². The van der Waals surface area contributed by atoms with Crippen molar-refractivity contribution in [2.75, 3.05) is 11.9 Å². The molecule has 1 aromatic carbocycles. The number of aliphatic carboxylic acids is 1. The minimum Gasteiger partial charge on any atom is -0.480 e. The molecule has 0 spiro atoms. The molecular weight excluding hydrogens is 269 g/mol. The first-order valence-corrected chi connectivity index (χ1v) is 6.30. The average molecular weight is 281 g/mol. The van der Waals surface area contributed by atoms with Gasteiger partial charge in [0.15, 0.2) is 5.13 Å². The van der Waals surface area contributed by atoms with Crippen molar-refractivity contribution in [2.45, 2.75) is 6.04 Å². The van der Waals surface area contributed by atoms with E-state index >= 15 is 0 Å². The van der Waals surface area contributed by atoms with Crippen molar-refractivity contribution in [3.8, 4) is 0 Å². The van der Waals surface area contributed by atoms with E-state index in [1.165, 1.54) is 17.4 Å². The molecule has 0 saturated heterocycles. The number of carboxylic acids is 1. The maximum atomic E-state index is 13.6. The third kappa shape index (κ3) is 2.72. The lowest BCUT2D eigenvalue weighted by Gasteiger charge is -2.16. The number of halogens is 1. The minimum absolute atomic E-state index is 0.260. The molecule has 2 rings (SSSR count). The molecule has 0 radical (unpaired) electrons. The summed E-state index contributed by atoms with van der Waals surface area (Å²) in [5, 5.41) is 10.9. The number of para-hydroxylation sites is 1. The van der Waals surface area contributed by atoms with Gasteiger partial charge in [-0.1, -0.05) is 12.1 Å². The Bertz CT molecular complexity index is 602. The van der Waals surface area contributed by atoms with Gasteiger partial charge < -0.3 is 15.7 Å². The van der Waals surface area contributed by atoms with E-state index in [9.17, 15) is 9.18 Å². The number of hydrogen-bond donors (Lipinski definition) is 2. The average Bonchev–Trinajstić information content (AvgIpc) is 2.87. The van der Waals surface area contributed by atoms with Crippen molar-refractivity contribution < 1.29 is 14.3 Å². The SMILES string of the molecule is CN(c1nc(C(N)C(=O)O)cs1)c1ccccc1F. The molecule has 2 aromatic rings. The van der Waals surface area contributed by atoms with Crippen LogP contribution in [0.1, 0.15) is 11.7 Å². The third-order valence-corrected chi connectivity index (χ3v) is 3.53. The van der Waals surface area contributed by atoms with Crippen molar-refractivity contribution in [3.63, 3.8) is 0 Å². The molecule has 1 aromatic heterocycles. The molecule has 1 unspecified atom stereocenters. The smallest absolute Gasteiger partial charge is 0.326 e. The Morgan fingerprint density at radius 3 is 2.84 bits per heavy atom. The quantitative estimate of drug-likeness (QED) is 0.897. The second kappa shape index (κ2) is 5.33. The number of hydrogen-bond acceptors (Lipinski definition) is 5. The fourth-order valence-corrected chi connectivity index (χ4v) is 2.37. The van der Waals surface area contributed by atoms with Crippen LogP contribution in [0.15, 0.2) is 29.6 Å². The molecule has 19 heavy (non-hydrogen) atoms. The van der Waals surface area contributed by atoms with Gasteiger partial charge in [0.05, 0.1) is 11.4 Å². The lowest BCUT2D eigenvalue weighted by Crippen LogP contribution is -2.21. The summed E-state index contributed by atoms with van der Waals surface area (Å²) in [6.07, 6.45) is 0. The Balaban J connectivity index is 2.28. The highest BCUT2D eigenvalue weighted by molar-refractivity contribution is 7.13. The highest BCUT2D eigenvalue weighted by atomic mass is 32.1. The van der Waals surface area contributed by atoms with Crippen molar-refractivity contribution >= 4 is 28.1 Å². The number of carboxylic acid groups (broad SMARTS) is 1. The monoisotopic (exact) mass is 281 g/mol. The zero-order valence-corrected chi connectivity index (χ0v) is 10.9. The summed E-state index contributed by atoms with van der Waals surface area (Å²) in [7, 11) is 1.66. The van der Waals surface area contributed by atoms with Crippen LogP contribution in [-0.4, -0.2) is 23.1 Å². The zero-order chi connectivity index (χ0) is 14.0. The van der Waals surface area contributed by atoms with Crippen molar-refractivity contribution in [3.05, 3.63) is 41.2 Å². The van der Waals surface area contributed by atoms with Gasteiger partial charge in [-0.25, -0.2) is 9.37 Å². The molecule has 0 saturated carbocycles. The first-order chi connectivity index (χ1) is 9.00. The van der Waals surface area contributed by atoms with Crippen LogP contribution < -0.4 is 10.6 Å². The number of carbonyl (C=O) groups is 1. The largest absolute Gasteiger partial charge is 0.480 e. The lowest BCUT2D eigenvalue weighted by atomic mass is 10.2. The molecule has 0 aliphatic carbocycles. The molecule has 0 amide bonds. The molecule has 1 atom stereocenters. The van der Waals surface area contributed by atoms with Crippen molar-refractivity contribution in [1.82, 2.24) is 4.98 Å². The summed E-state index contributed by atoms with van der Waals surface area (Å²) in [6.45, 7) is 0. The Morgan fingerprint density at radius 2 is 2.21 bits per heavy atom. The summed E-state index contributed by atoms with van der Waals surface area (Å²) >= 11 is 1.21. The Labute approximate surface area is 113 Å². The number of anilines is 2. The molecule has 0 aliphatic rings. The summed E-state index contributed by atoms with van der Waals surface area (Å²) in [5.74, 6) is -1.52. The van der Waals surface area contributed by atoms with Gasteiger partial charge in [-0.3, -0.25) is 4.79 Å². The van der Waals surface area contributed by atoms with E-state index < -0.39 is 12.0 Å². The first-order valence-electron chi connectivity index (χ1n) is 5.42. The summed E-state index contributed by atoms with van der Waals surface area (Å²) in [4.78, 5) is 16.4. The molecular formula is C12H12FN3O2S. The van der Waals surface area contributed by atoms with Crippen LogP contribution in [0.4, 0.5) is 15.2 Å². The number of rotatable bonds is 4. The standard InChI is InChI=1S/C12H12FN3O2S/c1-16(9-5-3-2-4-7(9)13)12-15-8(6-19-12)10(14)11(17)18/h2-6,10H,14H2,1H3,(H,17,18). The molecule has 100 valence electrons. The molecule has 5 nitrogen and oxygen atoms in total. The topological polar surface area (TPSA) is 79.5 Å². The zero-order valence-electron chi connectivity index (χ0n) is 10.1. The normalized spacial score (nSPS) is 12.2. The van der Waals surface area contributed by atoms with Crippen molar-refractivity contribution in [2.24, 2.45) is 5.73 Å². The highest BCUT2D eigenvalue weighted by Gasteiger charge is 2.19. The van der Waals surface area contributed by atoms with Gasteiger partial charge in [0, 0.05) is 12.4 Å². The van der Waals surface area contributed by atoms with Gasteiger partial charge in [0.2, 0.25) is 0 Å². The molecule has 1 heterocycles. The summed E-state index contributed by atoms with van der Waals surface area (Å²) in [5.41, 5.74) is 6.10. The van der Waals surface area contributed by atoms with Crippen LogP contribution in [0.3, 0.4) is 0 Å². The number of benzene rings is 1. The van der Waals surface area contributed by atoms with Gasteiger partial charge in [-0.05, 0) is 12.1 Å². The van der Waals surface area contributed by atoms with Crippen LogP contribution >= 0.6 is 11.3 Å². The number of thiazole rings is 1. The van der Waals surface area contributed by atoms with E-state index in [1.54, 1.807) is 35.5 Å². The van der Waals surface area contributed by atoms with E-state index in [0.717, 1.165) is 0 Å². The van der Waals surface area contributed by atoms with E-state index in [1.807, 2.05) is 0 Å². The third-order valence-electron chi connectivity index (χ3n) is 2.60. The predicted molar refractivity (Wildman–Crippen MR) is 71.1 cm³/mol. The Morgan fingerprint density at radius 1 is 1.53 bits per heavy atom. The van der Waals surface area contributed by atoms with E-state index in [2.05, 4.69) is 4.98 Å². The molecule has 0 aliphatic heterocycles. The maximum Gasteiger partial charge on any atom is 0.326 e. The van der Waals surface area contributed by atoms with Crippen molar-refractivity contribution in [1.29, 1.82) is 0 Å². The van der Waals surface area contributed by atoms with E-state index in [4.69, 9.17) is 10.8 Å². The predicted octanol–water partition coefficient (Wildman–Crippen LogP) is 2.13. The van der Waals surface area contributed by atoms with Gasteiger partial charge in [-0.2, -0.15) is 0 Å². The lowest BCUT2D eigenvalue weighted by molar-refractivity contribution is -0.138. The van der Waals surface area contributed by atoms with Crippen LogP contribution in [0, 0.1) is 5.82 Å². The molecule has 7 heteroatoms. The second-order valence-electron chi connectivity index (χ2n) is 3.88. The van der Waals surface area contributed by atoms with Crippen LogP contribution in [0.25, 0.3) is 0 Å². The Hall–Kier alpha value is -1.99. The summed E-state index contributed by atoms with van der Waals surface area (Å²) < 4.78 is 13.6. The van der Waals surface area contributed by atoms with Crippen LogP contribution in [0.2, 0.25) is 0 Å². The molecule has 0 fully saturated rings. The summed E-state index contributed by atoms with van der Waals surface area (Å²) in [6, 6.07) is 5.11.